The Morgan fingerprint density at radius 1 is 1.53 bits per heavy atom. The summed E-state index contributed by atoms with van der Waals surface area (Å²) < 4.78 is 40.1. The van der Waals surface area contributed by atoms with E-state index in [9.17, 15) is 12.8 Å². The molecular formula is C11H16ClFN2O2S2. The zero-order valence-electron chi connectivity index (χ0n) is 10.6. The first-order valence-electron chi connectivity index (χ1n) is 5.51. The van der Waals surface area contributed by atoms with Crippen molar-refractivity contribution >= 4 is 39.1 Å². The summed E-state index contributed by atoms with van der Waals surface area (Å²) in [6.07, 6.45) is 1.93. The number of halogens is 2. The van der Waals surface area contributed by atoms with Gasteiger partial charge in [0.25, 0.3) is 0 Å². The highest BCUT2D eigenvalue weighted by Gasteiger charge is 2.22. The van der Waals surface area contributed by atoms with E-state index in [4.69, 9.17) is 17.3 Å². The third-order valence-electron chi connectivity index (χ3n) is 2.38. The zero-order valence-corrected chi connectivity index (χ0v) is 13.0. The van der Waals surface area contributed by atoms with Crippen LogP contribution >= 0.6 is 23.4 Å². The molecule has 0 bridgehead atoms. The van der Waals surface area contributed by atoms with Gasteiger partial charge in [0, 0.05) is 12.2 Å². The van der Waals surface area contributed by atoms with Gasteiger partial charge in [-0.15, -0.1) is 0 Å². The van der Waals surface area contributed by atoms with E-state index in [2.05, 4.69) is 4.72 Å². The molecule has 1 unspecified atom stereocenters. The smallest absolute Gasteiger partial charge is 0.243 e. The van der Waals surface area contributed by atoms with E-state index < -0.39 is 20.7 Å². The standard InChI is InChI=1S/C11H16ClFN2O2S2/c1-7(6-18-2)5-15-19(16,17)10-4-8(14)3-9(12)11(10)13/h3-4,7,15H,5-6,14H2,1-2H3. The first kappa shape index (κ1) is 16.6. The molecule has 0 radical (unpaired) electrons. The van der Waals surface area contributed by atoms with Gasteiger partial charge in [0.1, 0.15) is 4.90 Å². The molecule has 1 aromatic carbocycles. The van der Waals surface area contributed by atoms with Crippen molar-refractivity contribution in [2.24, 2.45) is 5.92 Å². The van der Waals surface area contributed by atoms with Crippen LogP contribution in [-0.2, 0) is 10.0 Å². The number of benzene rings is 1. The van der Waals surface area contributed by atoms with Gasteiger partial charge in [0.05, 0.1) is 5.02 Å². The Balaban J connectivity index is 2.95. The number of sulfonamides is 1. The fraction of sp³-hybridized carbons (Fsp3) is 0.455. The van der Waals surface area contributed by atoms with Crippen molar-refractivity contribution in [1.29, 1.82) is 0 Å². The van der Waals surface area contributed by atoms with Gasteiger partial charge in [0.2, 0.25) is 10.0 Å². The van der Waals surface area contributed by atoms with Crippen LogP contribution in [0.4, 0.5) is 10.1 Å². The van der Waals surface area contributed by atoms with Gasteiger partial charge in [-0.2, -0.15) is 11.8 Å². The van der Waals surface area contributed by atoms with Gasteiger partial charge >= 0.3 is 0 Å². The molecule has 4 nitrogen and oxygen atoms in total. The van der Waals surface area contributed by atoms with Gasteiger partial charge in [-0.1, -0.05) is 18.5 Å². The molecule has 19 heavy (non-hydrogen) atoms. The van der Waals surface area contributed by atoms with Crippen molar-refractivity contribution in [2.45, 2.75) is 11.8 Å². The Morgan fingerprint density at radius 2 is 2.16 bits per heavy atom. The molecule has 8 heteroatoms. The first-order valence-corrected chi connectivity index (χ1v) is 8.76. The maximum atomic E-state index is 13.7. The Morgan fingerprint density at radius 3 is 2.74 bits per heavy atom. The van der Waals surface area contributed by atoms with Crippen LogP contribution in [-0.4, -0.2) is 27.0 Å². The number of nitrogens with two attached hydrogens (primary N) is 1. The molecule has 0 amide bonds. The topological polar surface area (TPSA) is 72.2 Å². The minimum atomic E-state index is -3.95. The van der Waals surface area contributed by atoms with Crippen molar-refractivity contribution in [3.05, 3.63) is 23.0 Å². The van der Waals surface area contributed by atoms with Crippen molar-refractivity contribution in [3.63, 3.8) is 0 Å². The molecule has 0 heterocycles. The summed E-state index contributed by atoms with van der Waals surface area (Å²) in [6.45, 7) is 2.14. The lowest BCUT2D eigenvalue weighted by Crippen LogP contribution is -2.30. The third-order valence-corrected chi connectivity index (χ3v) is 4.98. The Labute approximate surface area is 121 Å². The summed E-state index contributed by atoms with van der Waals surface area (Å²) in [5, 5.41) is -0.308. The van der Waals surface area contributed by atoms with Gasteiger partial charge in [-0.25, -0.2) is 17.5 Å². The Hall–Kier alpha value is -0.500. The highest BCUT2D eigenvalue weighted by Crippen LogP contribution is 2.25. The van der Waals surface area contributed by atoms with Crippen LogP contribution in [0, 0.1) is 11.7 Å². The van der Waals surface area contributed by atoms with E-state index in [0.29, 0.717) is 0 Å². The maximum Gasteiger partial charge on any atom is 0.243 e. The van der Waals surface area contributed by atoms with Crippen molar-refractivity contribution in [2.75, 3.05) is 24.3 Å². The fourth-order valence-electron chi connectivity index (χ4n) is 1.45. The van der Waals surface area contributed by atoms with Gasteiger partial charge in [-0.3, -0.25) is 0 Å². The average molecular weight is 327 g/mol. The lowest BCUT2D eigenvalue weighted by molar-refractivity contribution is 0.545. The number of nitrogens with one attached hydrogen (secondary N) is 1. The second-order valence-electron chi connectivity index (χ2n) is 4.23. The fourth-order valence-corrected chi connectivity index (χ4v) is 3.72. The quantitative estimate of drug-likeness (QED) is 0.787. The number of hydrogen-bond donors (Lipinski definition) is 2. The van der Waals surface area contributed by atoms with Crippen LogP contribution < -0.4 is 10.5 Å². The van der Waals surface area contributed by atoms with Crippen LogP contribution in [0.15, 0.2) is 17.0 Å². The summed E-state index contributed by atoms with van der Waals surface area (Å²) in [7, 11) is -3.95. The summed E-state index contributed by atoms with van der Waals surface area (Å²) in [4.78, 5) is -0.520. The molecule has 1 aromatic rings. The number of rotatable bonds is 6. The number of thioether (sulfide) groups is 1. The molecule has 0 saturated heterocycles. The summed E-state index contributed by atoms with van der Waals surface area (Å²) in [5.74, 6) is -0.0341. The van der Waals surface area contributed by atoms with Crippen LogP contribution in [0.1, 0.15) is 6.92 Å². The normalized spacial score (nSPS) is 13.5. The molecular weight excluding hydrogens is 311 g/mol. The zero-order chi connectivity index (χ0) is 14.6. The second-order valence-corrected chi connectivity index (χ2v) is 7.28. The van der Waals surface area contributed by atoms with Crippen LogP contribution in [0.25, 0.3) is 0 Å². The van der Waals surface area contributed by atoms with E-state index in [1.54, 1.807) is 11.8 Å². The molecule has 108 valence electrons. The largest absolute Gasteiger partial charge is 0.399 e. The van der Waals surface area contributed by atoms with Gasteiger partial charge in [-0.05, 0) is 30.1 Å². The predicted molar refractivity (Wildman–Crippen MR) is 78.6 cm³/mol. The van der Waals surface area contributed by atoms with Crippen molar-refractivity contribution in [3.8, 4) is 0 Å². The summed E-state index contributed by atoms with van der Waals surface area (Å²) in [6, 6.07) is 2.23. The monoisotopic (exact) mass is 326 g/mol. The second kappa shape index (κ2) is 6.78. The lowest BCUT2D eigenvalue weighted by Gasteiger charge is -2.13. The number of nitrogen functional groups attached to an aromatic ring is 1. The maximum absolute atomic E-state index is 13.7. The first-order chi connectivity index (χ1) is 8.77. The van der Waals surface area contributed by atoms with Gasteiger partial charge < -0.3 is 5.73 Å². The molecule has 0 saturated carbocycles. The Bertz CT molecular complexity index is 552. The van der Waals surface area contributed by atoms with Crippen molar-refractivity contribution in [1.82, 2.24) is 4.72 Å². The van der Waals surface area contributed by atoms with Crippen LogP contribution in [0.2, 0.25) is 5.02 Å². The van der Waals surface area contributed by atoms with E-state index in [0.717, 1.165) is 11.8 Å². The van der Waals surface area contributed by atoms with E-state index in [-0.39, 0.29) is 23.2 Å². The number of hydrogen-bond acceptors (Lipinski definition) is 4. The lowest BCUT2D eigenvalue weighted by atomic mass is 10.2. The molecule has 0 aliphatic carbocycles. The summed E-state index contributed by atoms with van der Waals surface area (Å²) in [5.41, 5.74) is 5.58. The molecule has 1 rings (SSSR count). The molecule has 0 aliphatic rings. The third kappa shape index (κ3) is 4.52. The minimum Gasteiger partial charge on any atom is -0.399 e. The predicted octanol–water partition coefficient (Wildman–Crippen LogP) is 2.34. The highest BCUT2D eigenvalue weighted by molar-refractivity contribution is 7.98. The van der Waals surface area contributed by atoms with E-state index >= 15 is 0 Å². The SMILES string of the molecule is CSCC(C)CNS(=O)(=O)c1cc(N)cc(Cl)c1F. The molecule has 0 aromatic heterocycles. The average Bonchev–Trinajstić information content (AvgIpc) is 2.31. The number of anilines is 1. The van der Waals surface area contributed by atoms with Crippen LogP contribution in [0.3, 0.4) is 0 Å². The summed E-state index contributed by atoms with van der Waals surface area (Å²) >= 11 is 7.20. The van der Waals surface area contributed by atoms with Crippen molar-refractivity contribution < 1.29 is 12.8 Å². The molecule has 0 fully saturated rings. The van der Waals surface area contributed by atoms with E-state index in [1.807, 2.05) is 13.2 Å². The minimum absolute atomic E-state index is 0.101. The molecule has 1 atom stereocenters. The molecule has 0 aliphatic heterocycles. The van der Waals surface area contributed by atoms with E-state index in [1.165, 1.54) is 6.07 Å². The Kier molecular flexibility index (Phi) is 5.91. The highest BCUT2D eigenvalue weighted by atomic mass is 35.5. The van der Waals surface area contributed by atoms with Gasteiger partial charge in [0.15, 0.2) is 5.82 Å². The molecule has 3 N–H and O–H groups in total. The molecule has 0 spiro atoms. The van der Waals surface area contributed by atoms with Crippen LogP contribution in [0.5, 0.6) is 0 Å².